The van der Waals surface area contributed by atoms with Crippen molar-refractivity contribution in [3.63, 3.8) is 0 Å². The molecular weight excluding hydrogens is 336 g/mol. The van der Waals surface area contributed by atoms with Crippen LogP contribution in [0.4, 0.5) is 0 Å². The molecule has 2 aliphatic rings. The van der Waals surface area contributed by atoms with Gasteiger partial charge in [-0.25, -0.2) is 0 Å². The van der Waals surface area contributed by atoms with Crippen molar-refractivity contribution in [2.45, 2.75) is 25.9 Å². The number of fused-ring (bicyclic) bond motifs is 1. The number of nitrogens with zero attached hydrogens (tertiary/aromatic N) is 1. The summed E-state index contributed by atoms with van der Waals surface area (Å²) in [5.74, 6) is 1.61. The minimum absolute atomic E-state index is 0.0303. The van der Waals surface area contributed by atoms with Crippen molar-refractivity contribution in [1.82, 2.24) is 10.2 Å². The topological polar surface area (TPSA) is 81.0 Å². The Bertz CT molecular complexity index is 817. The summed E-state index contributed by atoms with van der Waals surface area (Å²) in [6.45, 7) is 2.93. The lowest BCUT2D eigenvalue weighted by molar-refractivity contribution is -0.129. The van der Waals surface area contributed by atoms with Crippen LogP contribution in [0.1, 0.15) is 30.7 Å². The van der Waals surface area contributed by atoms with Gasteiger partial charge in [-0.05, 0) is 36.8 Å². The lowest BCUT2D eigenvalue weighted by atomic mass is 10.0. The largest absolute Gasteiger partial charge is 0.467 e. The molecular formula is C19H20N2O5. The first-order valence-corrected chi connectivity index (χ1v) is 8.60. The number of benzene rings is 1. The molecule has 136 valence electrons. The molecule has 3 heterocycles. The number of rotatable bonds is 5. The smallest absolute Gasteiger partial charge is 0.231 e. The first kappa shape index (κ1) is 16.5. The monoisotopic (exact) mass is 356 g/mol. The van der Waals surface area contributed by atoms with E-state index in [9.17, 15) is 9.59 Å². The maximum absolute atomic E-state index is 12.6. The van der Waals surface area contributed by atoms with Crippen molar-refractivity contribution in [2.24, 2.45) is 5.92 Å². The molecule has 7 heteroatoms. The van der Waals surface area contributed by atoms with Gasteiger partial charge in [-0.1, -0.05) is 6.07 Å². The van der Waals surface area contributed by atoms with E-state index in [1.54, 1.807) is 17.2 Å². The number of furan rings is 1. The van der Waals surface area contributed by atoms with E-state index in [0.717, 1.165) is 5.56 Å². The van der Waals surface area contributed by atoms with Gasteiger partial charge in [0.2, 0.25) is 18.6 Å². The average molecular weight is 356 g/mol. The van der Waals surface area contributed by atoms with E-state index < -0.39 is 0 Å². The Balaban J connectivity index is 1.36. The van der Waals surface area contributed by atoms with Gasteiger partial charge in [0.1, 0.15) is 5.76 Å². The predicted molar refractivity (Wildman–Crippen MR) is 91.4 cm³/mol. The van der Waals surface area contributed by atoms with Gasteiger partial charge in [-0.3, -0.25) is 9.59 Å². The van der Waals surface area contributed by atoms with Gasteiger partial charge in [0.15, 0.2) is 11.5 Å². The highest BCUT2D eigenvalue weighted by Crippen LogP contribution is 2.34. The Morgan fingerprint density at radius 1 is 1.31 bits per heavy atom. The van der Waals surface area contributed by atoms with Crippen LogP contribution in [0.5, 0.6) is 11.5 Å². The molecule has 1 aromatic carbocycles. The number of ether oxygens (including phenoxy) is 2. The highest BCUT2D eigenvalue weighted by Gasteiger charge is 2.35. The van der Waals surface area contributed by atoms with Crippen LogP contribution in [0.25, 0.3) is 0 Å². The fourth-order valence-electron chi connectivity index (χ4n) is 3.29. The quantitative estimate of drug-likeness (QED) is 0.889. The van der Waals surface area contributed by atoms with Crippen LogP contribution >= 0.6 is 0 Å². The van der Waals surface area contributed by atoms with Crippen LogP contribution in [0, 0.1) is 5.92 Å². The van der Waals surface area contributed by atoms with Gasteiger partial charge in [0, 0.05) is 13.0 Å². The number of amides is 2. The standard InChI is InChI=1S/C19H20N2O5/c1-12(13-4-5-16-17(7-13)26-11-25-16)20-19(23)14-8-18(22)21(9-14)10-15-3-2-6-24-15/h2-7,12,14H,8-11H2,1H3,(H,20,23). The second-order valence-corrected chi connectivity index (χ2v) is 6.60. The molecule has 1 fully saturated rings. The van der Waals surface area contributed by atoms with E-state index in [1.165, 1.54) is 0 Å². The number of carbonyl (C=O) groups excluding carboxylic acids is 2. The molecule has 1 N–H and O–H groups in total. The molecule has 2 aromatic rings. The lowest BCUT2D eigenvalue weighted by Crippen LogP contribution is -2.34. The second-order valence-electron chi connectivity index (χ2n) is 6.60. The fourth-order valence-corrected chi connectivity index (χ4v) is 3.29. The van der Waals surface area contributed by atoms with E-state index in [1.807, 2.05) is 31.2 Å². The van der Waals surface area contributed by atoms with Gasteiger partial charge in [-0.2, -0.15) is 0 Å². The number of hydrogen-bond acceptors (Lipinski definition) is 5. The van der Waals surface area contributed by atoms with Gasteiger partial charge < -0.3 is 24.1 Å². The van der Waals surface area contributed by atoms with Gasteiger partial charge in [0.25, 0.3) is 0 Å². The van der Waals surface area contributed by atoms with Crippen LogP contribution in [-0.4, -0.2) is 30.1 Å². The third-order valence-electron chi connectivity index (χ3n) is 4.77. The maximum atomic E-state index is 12.6. The van der Waals surface area contributed by atoms with E-state index in [-0.39, 0.29) is 37.0 Å². The van der Waals surface area contributed by atoms with Crippen molar-refractivity contribution in [2.75, 3.05) is 13.3 Å². The highest BCUT2D eigenvalue weighted by molar-refractivity contribution is 5.89. The molecule has 0 radical (unpaired) electrons. The molecule has 2 unspecified atom stereocenters. The molecule has 1 saturated heterocycles. The Hall–Kier alpha value is -2.96. The van der Waals surface area contributed by atoms with E-state index in [4.69, 9.17) is 13.9 Å². The van der Waals surface area contributed by atoms with E-state index in [0.29, 0.717) is 30.3 Å². The minimum Gasteiger partial charge on any atom is -0.467 e. The predicted octanol–water partition coefficient (Wildman–Crippen LogP) is 2.23. The van der Waals surface area contributed by atoms with Crippen molar-refractivity contribution in [3.05, 3.63) is 47.9 Å². The summed E-state index contributed by atoms with van der Waals surface area (Å²) >= 11 is 0. The molecule has 0 aliphatic carbocycles. The average Bonchev–Trinajstić information content (AvgIpc) is 3.36. The summed E-state index contributed by atoms with van der Waals surface area (Å²) in [6, 6.07) is 9.03. The van der Waals surface area contributed by atoms with E-state index in [2.05, 4.69) is 5.32 Å². The molecule has 2 amide bonds. The maximum Gasteiger partial charge on any atom is 0.231 e. The highest BCUT2D eigenvalue weighted by atomic mass is 16.7. The van der Waals surface area contributed by atoms with Crippen LogP contribution in [0.2, 0.25) is 0 Å². The summed E-state index contributed by atoms with van der Waals surface area (Å²) in [4.78, 5) is 26.4. The van der Waals surface area contributed by atoms with E-state index >= 15 is 0 Å². The number of likely N-dealkylation sites (tertiary alicyclic amines) is 1. The minimum atomic E-state index is -0.353. The van der Waals surface area contributed by atoms with Crippen LogP contribution < -0.4 is 14.8 Å². The molecule has 2 atom stereocenters. The zero-order chi connectivity index (χ0) is 18.1. The number of hydrogen-bond donors (Lipinski definition) is 1. The lowest BCUT2D eigenvalue weighted by Gasteiger charge is -2.18. The third-order valence-corrected chi connectivity index (χ3v) is 4.77. The second kappa shape index (κ2) is 6.74. The summed E-state index contributed by atoms with van der Waals surface area (Å²) in [6.07, 6.45) is 1.80. The van der Waals surface area contributed by atoms with Gasteiger partial charge >= 0.3 is 0 Å². The van der Waals surface area contributed by atoms with Gasteiger partial charge in [-0.15, -0.1) is 0 Å². The summed E-state index contributed by atoms with van der Waals surface area (Å²) in [5, 5.41) is 2.99. The summed E-state index contributed by atoms with van der Waals surface area (Å²) < 4.78 is 16.0. The zero-order valence-electron chi connectivity index (χ0n) is 14.4. The molecule has 26 heavy (non-hydrogen) atoms. The Kier molecular flexibility index (Phi) is 4.28. The Labute approximate surface area is 150 Å². The summed E-state index contributed by atoms with van der Waals surface area (Å²) in [7, 11) is 0. The molecule has 0 spiro atoms. The number of nitrogens with one attached hydrogen (secondary N) is 1. The third kappa shape index (κ3) is 3.24. The Morgan fingerprint density at radius 3 is 2.96 bits per heavy atom. The molecule has 7 nitrogen and oxygen atoms in total. The fraction of sp³-hybridized carbons (Fsp3) is 0.368. The molecule has 0 bridgehead atoms. The molecule has 1 aromatic heterocycles. The van der Waals surface area contributed by atoms with Crippen molar-refractivity contribution in [1.29, 1.82) is 0 Å². The van der Waals surface area contributed by atoms with Crippen molar-refractivity contribution >= 4 is 11.8 Å². The number of carbonyl (C=O) groups is 2. The first-order valence-electron chi connectivity index (χ1n) is 8.60. The molecule has 2 aliphatic heterocycles. The Morgan fingerprint density at radius 2 is 2.15 bits per heavy atom. The van der Waals surface area contributed by atoms with Gasteiger partial charge in [0.05, 0.1) is 24.8 Å². The van der Waals surface area contributed by atoms with Crippen LogP contribution in [0.15, 0.2) is 41.0 Å². The molecule has 0 saturated carbocycles. The van der Waals surface area contributed by atoms with Crippen LogP contribution in [0.3, 0.4) is 0 Å². The van der Waals surface area contributed by atoms with Crippen molar-refractivity contribution < 1.29 is 23.5 Å². The van der Waals surface area contributed by atoms with Crippen molar-refractivity contribution in [3.8, 4) is 11.5 Å². The summed E-state index contributed by atoms with van der Waals surface area (Å²) in [5.41, 5.74) is 0.930. The normalized spacial score (nSPS) is 19.7. The SMILES string of the molecule is CC(NC(=O)C1CC(=O)N(Cc2ccco2)C1)c1ccc2c(c1)OCO2. The zero-order valence-corrected chi connectivity index (χ0v) is 14.4. The first-order chi connectivity index (χ1) is 12.6. The van der Waals surface area contributed by atoms with Crippen LogP contribution in [-0.2, 0) is 16.1 Å². The molecule has 4 rings (SSSR count).